The van der Waals surface area contributed by atoms with Crippen LogP contribution in [0.15, 0.2) is 24.4 Å². The van der Waals surface area contributed by atoms with Crippen LogP contribution in [-0.4, -0.2) is 53.0 Å². The van der Waals surface area contributed by atoms with Gasteiger partial charge in [0.15, 0.2) is 5.78 Å². The molecule has 1 heterocycles. The van der Waals surface area contributed by atoms with Gasteiger partial charge in [-0.2, -0.15) is 0 Å². The van der Waals surface area contributed by atoms with Crippen LogP contribution in [0.2, 0.25) is 5.02 Å². The molecular weight excluding hydrogens is 436 g/mol. The quantitative estimate of drug-likeness (QED) is 0.299. The largest absolute Gasteiger partial charge is 0.461 e. The standard InChI is InChI=1S/C22H27ClN4O5/c1-12(2)32-22(31)19(7-5-16(29)10-24)27-21(30)20(26-13(3)28)8-14-11-25-18-6-4-15(23)9-17(14)18/h4,6,9-12,19-20,24-25H,5,7-8H2,1-3H3,(H,26,28)(H,27,30)/t19-,20-/m0/s1. The molecule has 0 saturated heterocycles. The van der Waals surface area contributed by atoms with Crippen molar-refractivity contribution in [3.05, 3.63) is 35.0 Å². The third-order valence-corrected chi connectivity index (χ3v) is 4.88. The number of hydrogen-bond acceptors (Lipinski definition) is 6. The lowest BCUT2D eigenvalue weighted by molar-refractivity contribution is -0.151. The number of nitrogens with one attached hydrogen (secondary N) is 4. The first kappa shape index (κ1) is 25.1. The number of fused-ring (bicyclic) bond motifs is 1. The van der Waals surface area contributed by atoms with Gasteiger partial charge in [0.1, 0.15) is 12.1 Å². The van der Waals surface area contributed by atoms with Crippen molar-refractivity contribution in [1.82, 2.24) is 15.6 Å². The summed E-state index contributed by atoms with van der Waals surface area (Å²) in [7, 11) is 0. The minimum absolute atomic E-state index is 0.0268. The van der Waals surface area contributed by atoms with Crippen molar-refractivity contribution in [2.75, 3.05) is 0 Å². The molecule has 0 unspecified atom stereocenters. The fourth-order valence-electron chi connectivity index (χ4n) is 3.19. The fourth-order valence-corrected chi connectivity index (χ4v) is 3.36. The number of ether oxygens (including phenoxy) is 1. The number of carbonyl (C=O) groups is 4. The molecule has 172 valence electrons. The fraction of sp³-hybridized carbons (Fsp3) is 0.409. The molecule has 2 rings (SSSR count). The first-order chi connectivity index (χ1) is 15.1. The summed E-state index contributed by atoms with van der Waals surface area (Å²) in [5.74, 6) is -2.17. The molecule has 0 aliphatic rings. The highest BCUT2D eigenvalue weighted by molar-refractivity contribution is 6.31. The van der Waals surface area contributed by atoms with Gasteiger partial charge in [-0.15, -0.1) is 0 Å². The number of ketones is 1. The summed E-state index contributed by atoms with van der Waals surface area (Å²) < 4.78 is 5.19. The van der Waals surface area contributed by atoms with E-state index in [0.717, 1.165) is 16.5 Å². The predicted molar refractivity (Wildman–Crippen MR) is 121 cm³/mol. The summed E-state index contributed by atoms with van der Waals surface area (Å²) in [5.41, 5.74) is 1.59. The summed E-state index contributed by atoms with van der Waals surface area (Å²) in [6.45, 7) is 4.63. The van der Waals surface area contributed by atoms with E-state index in [0.29, 0.717) is 11.2 Å². The van der Waals surface area contributed by atoms with E-state index in [9.17, 15) is 19.2 Å². The Balaban J connectivity index is 2.23. The maximum absolute atomic E-state index is 13.0. The smallest absolute Gasteiger partial charge is 0.328 e. The van der Waals surface area contributed by atoms with E-state index in [1.165, 1.54) is 6.92 Å². The van der Waals surface area contributed by atoms with Crippen molar-refractivity contribution in [3.63, 3.8) is 0 Å². The van der Waals surface area contributed by atoms with Gasteiger partial charge in [-0.3, -0.25) is 14.4 Å². The van der Waals surface area contributed by atoms with E-state index < -0.39 is 41.8 Å². The van der Waals surface area contributed by atoms with Crippen LogP contribution < -0.4 is 10.6 Å². The number of amides is 2. The van der Waals surface area contributed by atoms with Gasteiger partial charge in [-0.1, -0.05) is 11.6 Å². The number of halogens is 1. The Labute approximate surface area is 190 Å². The van der Waals surface area contributed by atoms with Crippen LogP contribution in [0.5, 0.6) is 0 Å². The Bertz CT molecular complexity index is 1020. The first-order valence-electron chi connectivity index (χ1n) is 10.2. The van der Waals surface area contributed by atoms with Crippen LogP contribution >= 0.6 is 11.6 Å². The van der Waals surface area contributed by atoms with Crippen molar-refractivity contribution in [1.29, 1.82) is 5.41 Å². The lowest BCUT2D eigenvalue weighted by Gasteiger charge is -2.23. The molecule has 0 spiro atoms. The molecule has 1 aromatic heterocycles. The second-order valence-electron chi connectivity index (χ2n) is 7.66. The molecule has 0 radical (unpaired) electrons. The minimum atomic E-state index is -1.09. The highest BCUT2D eigenvalue weighted by atomic mass is 35.5. The Kier molecular flexibility index (Phi) is 8.95. The van der Waals surface area contributed by atoms with Gasteiger partial charge in [0.05, 0.1) is 12.3 Å². The van der Waals surface area contributed by atoms with Crippen molar-refractivity contribution in [3.8, 4) is 0 Å². The van der Waals surface area contributed by atoms with Gasteiger partial charge in [0, 0.05) is 41.9 Å². The van der Waals surface area contributed by atoms with Crippen LogP contribution in [0.3, 0.4) is 0 Å². The number of aromatic nitrogens is 1. The highest BCUT2D eigenvalue weighted by Gasteiger charge is 2.28. The number of esters is 1. The molecule has 0 aliphatic carbocycles. The van der Waals surface area contributed by atoms with Crippen LogP contribution in [0, 0.1) is 5.41 Å². The van der Waals surface area contributed by atoms with Gasteiger partial charge >= 0.3 is 5.97 Å². The molecule has 2 atom stereocenters. The molecule has 1 aromatic carbocycles. The third-order valence-electron chi connectivity index (χ3n) is 4.64. The molecule has 32 heavy (non-hydrogen) atoms. The van der Waals surface area contributed by atoms with Gasteiger partial charge in [-0.05, 0) is 44.0 Å². The van der Waals surface area contributed by atoms with Gasteiger partial charge < -0.3 is 25.8 Å². The summed E-state index contributed by atoms with van der Waals surface area (Å²) >= 11 is 6.09. The van der Waals surface area contributed by atoms with Crippen LogP contribution in [0.4, 0.5) is 0 Å². The van der Waals surface area contributed by atoms with Gasteiger partial charge in [0.25, 0.3) is 0 Å². The van der Waals surface area contributed by atoms with E-state index >= 15 is 0 Å². The SMILES string of the molecule is CC(=O)N[C@@H](Cc1c[nH]c2ccc(Cl)cc12)C(=O)N[C@@H](CCC(=O)C=N)C(=O)OC(C)C. The van der Waals surface area contributed by atoms with Crippen LogP contribution in [0.1, 0.15) is 39.2 Å². The van der Waals surface area contributed by atoms with E-state index in [1.807, 2.05) is 6.07 Å². The van der Waals surface area contributed by atoms with Crippen molar-refractivity contribution >= 4 is 52.3 Å². The van der Waals surface area contributed by atoms with E-state index in [1.54, 1.807) is 32.2 Å². The molecule has 0 aliphatic heterocycles. The zero-order valence-electron chi connectivity index (χ0n) is 18.2. The van der Waals surface area contributed by atoms with E-state index in [4.69, 9.17) is 21.7 Å². The number of hydrogen-bond donors (Lipinski definition) is 4. The summed E-state index contributed by atoms with van der Waals surface area (Å²) in [6, 6.07) is 3.24. The number of aromatic amines is 1. The van der Waals surface area contributed by atoms with Gasteiger partial charge in [0.2, 0.25) is 11.8 Å². The third kappa shape index (κ3) is 7.19. The maximum atomic E-state index is 13.0. The Morgan fingerprint density at radius 1 is 1.19 bits per heavy atom. The van der Waals surface area contributed by atoms with Crippen molar-refractivity contribution < 1.29 is 23.9 Å². The van der Waals surface area contributed by atoms with E-state index in [-0.39, 0.29) is 19.3 Å². The first-order valence-corrected chi connectivity index (χ1v) is 10.5. The predicted octanol–water partition coefficient (Wildman–Crippen LogP) is 2.30. The lowest BCUT2D eigenvalue weighted by atomic mass is 10.0. The molecule has 10 heteroatoms. The monoisotopic (exact) mass is 462 g/mol. The topological polar surface area (TPSA) is 141 Å². The molecule has 0 saturated carbocycles. The molecule has 0 bridgehead atoms. The lowest BCUT2D eigenvalue weighted by Crippen LogP contribution is -2.52. The number of rotatable bonds is 11. The number of carbonyl (C=O) groups excluding carboxylic acids is 4. The second-order valence-corrected chi connectivity index (χ2v) is 8.09. The number of benzene rings is 1. The van der Waals surface area contributed by atoms with Crippen molar-refractivity contribution in [2.45, 2.75) is 58.2 Å². The minimum Gasteiger partial charge on any atom is -0.461 e. The highest BCUT2D eigenvalue weighted by Crippen LogP contribution is 2.23. The average molecular weight is 463 g/mol. The Morgan fingerprint density at radius 3 is 2.53 bits per heavy atom. The Hall–Kier alpha value is -3.20. The molecule has 4 N–H and O–H groups in total. The summed E-state index contributed by atoms with van der Waals surface area (Å²) in [4.78, 5) is 51.8. The van der Waals surface area contributed by atoms with Gasteiger partial charge in [-0.25, -0.2) is 4.79 Å². The average Bonchev–Trinajstić information content (AvgIpc) is 3.11. The molecule has 2 amide bonds. The van der Waals surface area contributed by atoms with Crippen LogP contribution in [0.25, 0.3) is 10.9 Å². The molecular formula is C22H27ClN4O5. The molecule has 0 fully saturated rings. The zero-order chi connectivity index (χ0) is 23.8. The Morgan fingerprint density at radius 2 is 1.91 bits per heavy atom. The normalized spacial score (nSPS) is 12.8. The summed E-state index contributed by atoms with van der Waals surface area (Å²) in [6.07, 6.45) is 2.00. The second kappa shape index (κ2) is 11.4. The van der Waals surface area contributed by atoms with Crippen molar-refractivity contribution in [2.24, 2.45) is 0 Å². The number of Topliss-reactive ketones (excluding diaryl/α,β-unsaturated/α-hetero) is 1. The number of H-pyrrole nitrogens is 1. The molecule has 9 nitrogen and oxygen atoms in total. The molecule has 2 aromatic rings. The van der Waals surface area contributed by atoms with E-state index in [2.05, 4.69) is 15.6 Å². The summed E-state index contributed by atoms with van der Waals surface area (Å²) in [5, 5.41) is 13.6. The van der Waals surface area contributed by atoms with Crippen LogP contribution in [-0.2, 0) is 30.3 Å². The zero-order valence-corrected chi connectivity index (χ0v) is 18.9. The maximum Gasteiger partial charge on any atom is 0.328 e.